The highest BCUT2D eigenvalue weighted by molar-refractivity contribution is 7.17. The quantitative estimate of drug-likeness (QED) is 0.765. The topological polar surface area (TPSA) is 26.3 Å². The highest BCUT2D eigenvalue weighted by Crippen LogP contribution is 2.26. The number of benzene rings is 1. The molecular formula is C14H16O2S. The summed E-state index contributed by atoms with van der Waals surface area (Å²) in [4.78, 5) is 11.6. The van der Waals surface area contributed by atoms with Crippen LogP contribution in [0.15, 0.2) is 29.6 Å². The average Bonchev–Trinajstić information content (AvgIpc) is 2.78. The van der Waals surface area contributed by atoms with Crippen LogP contribution in [0.2, 0.25) is 0 Å². The second-order valence-corrected chi connectivity index (χ2v) is 5.09. The van der Waals surface area contributed by atoms with Gasteiger partial charge in [-0.05, 0) is 23.3 Å². The summed E-state index contributed by atoms with van der Waals surface area (Å²) >= 11 is 1.69. The fourth-order valence-electron chi connectivity index (χ4n) is 1.60. The van der Waals surface area contributed by atoms with Crippen molar-refractivity contribution in [1.29, 1.82) is 0 Å². The van der Waals surface area contributed by atoms with Crippen molar-refractivity contribution in [1.82, 2.24) is 0 Å². The third kappa shape index (κ3) is 2.67. The first-order valence-corrected chi connectivity index (χ1v) is 6.72. The van der Waals surface area contributed by atoms with Gasteiger partial charge in [-0.25, -0.2) is 0 Å². The lowest BCUT2D eigenvalue weighted by Gasteiger charge is -2.08. The van der Waals surface area contributed by atoms with Gasteiger partial charge in [0.2, 0.25) is 0 Å². The standard InChI is InChI=1S/C14H16O2S/c1-3-10(2)14(15)16-8-11-9-17-13-7-5-4-6-12(11)13/h4-7,9-10H,3,8H2,1-2H3. The van der Waals surface area contributed by atoms with Crippen LogP contribution >= 0.6 is 11.3 Å². The Bertz CT molecular complexity index is 516. The third-order valence-electron chi connectivity index (χ3n) is 2.95. The Hall–Kier alpha value is -1.35. The molecule has 2 aromatic rings. The van der Waals surface area contributed by atoms with Crippen LogP contribution < -0.4 is 0 Å². The number of thiophene rings is 1. The van der Waals surface area contributed by atoms with Crippen molar-refractivity contribution in [3.05, 3.63) is 35.2 Å². The highest BCUT2D eigenvalue weighted by atomic mass is 32.1. The zero-order chi connectivity index (χ0) is 12.3. The van der Waals surface area contributed by atoms with Crippen LogP contribution in [0.25, 0.3) is 10.1 Å². The van der Waals surface area contributed by atoms with Gasteiger partial charge < -0.3 is 4.74 Å². The lowest BCUT2D eigenvalue weighted by atomic mass is 10.1. The first kappa shape index (κ1) is 12.1. The molecule has 1 aromatic carbocycles. The largest absolute Gasteiger partial charge is 0.461 e. The van der Waals surface area contributed by atoms with Crippen LogP contribution in [-0.4, -0.2) is 5.97 Å². The molecule has 0 N–H and O–H groups in total. The van der Waals surface area contributed by atoms with Gasteiger partial charge in [-0.15, -0.1) is 11.3 Å². The Kier molecular flexibility index (Phi) is 3.79. The number of hydrogen-bond donors (Lipinski definition) is 0. The van der Waals surface area contributed by atoms with Gasteiger partial charge >= 0.3 is 5.97 Å². The van der Waals surface area contributed by atoms with Gasteiger partial charge in [-0.2, -0.15) is 0 Å². The van der Waals surface area contributed by atoms with E-state index in [-0.39, 0.29) is 11.9 Å². The lowest BCUT2D eigenvalue weighted by molar-refractivity contribution is -0.149. The van der Waals surface area contributed by atoms with Gasteiger partial charge in [-0.3, -0.25) is 4.79 Å². The molecule has 0 amide bonds. The van der Waals surface area contributed by atoms with Crippen molar-refractivity contribution in [2.75, 3.05) is 0 Å². The number of carbonyl (C=O) groups excluding carboxylic acids is 1. The first-order valence-electron chi connectivity index (χ1n) is 5.84. The Morgan fingerprint density at radius 1 is 1.41 bits per heavy atom. The van der Waals surface area contributed by atoms with Crippen LogP contribution in [0.3, 0.4) is 0 Å². The van der Waals surface area contributed by atoms with Gasteiger partial charge in [0, 0.05) is 10.3 Å². The minimum Gasteiger partial charge on any atom is -0.461 e. The Morgan fingerprint density at radius 2 is 2.18 bits per heavy atom. The molecule has 0 aliphatic rings. The predicted molar refractivity (Wildman–Crippen MR) is 71.1 cm³/mol. The van der Waals surface area contributed by atoms with E-state index in [1.54, 1.807) is 11.3 Å². The smallest absolute Gasteiger partial charge is 0.308 e. The molecule has 1 unspecified atom stereocenters. The van der Waals surface area contributed by atoms with Crippen molar-refractivity contribution in [3.63, 3.8) is 0 Å². The maximum absolute atomic E-state index is 11.6. The molecule has 0 aliphatic heterocycles. The zero-order valence-electron chi connectivity index (χ0n) is 10.1. The molecule has 1 heterocycles. The van der Waals surface area contributed by atoms with Crippen LogP contribution in [0.4, 0.5) is 0 Å². The zero-order valence-corrected chi connectivity index (χ0v) is 10.9. The molecule has 0 spiro atoms. The van der Waals surface area contributed by atoms with E-state index in [4.69, 9.17) is 4.74 Å². The van der Waals surface area contributed by atoms with E-state index < -0.39 is 0 Å². The highest BCUT2D eigenvalue weighted by Gasteiger charge is 2.13. The number of rotatable bonds is 4. The van der Waals surface area contributed by atoms with Crippen molar-refractivity contribution in [2.45, 2.75) is 26.9 Å². The second kappa shape index (κ2) is 5.32. The Labute approximate surface area is 105 Å². The molecular weight excluding hydrogens is 232 g/mol. The molecule has 1 aromatic heterocycles. The van der Waals surface area contributed by atoms with E-state index >= 15 is 0 Å². The SMILES string of the molecule is CCC(C)C(=O)OCc1csc2ccccc12. The predicted octanol–water partition coefficient (Wildman–Crippen LogP) is 3.99. The van der Waals surface area contributed by atoms with Crippen LogP contribution in [0.1, 0.15) is 25.8 Å². The van der Waals surface area contributed by atoms with E-state index in [1.165, 1.54) is 10.1 Å². The van der Waals surface area contributed by atoms with Crippen LogP contribution in [0.5, 0.6) is 0 Å². The van der Waals surface area contributed by atoms with Crippen molar-refractivity contribution in [2.24, 2.45) is 5.92 Å². The molecule has 0 aliphatic carbocycles. The summed E-state index contributed by atoms with van der Waals surface area (Å²) in [6.07, 6.45) is 0.823. The van der Waals surface area contributed by atoms with Crippen molar-refractivity contribution in [3.8, 4) is 0 Å². The second-order valence-electron chi connectivity index (χ2n) is 4.17. The molecule has 90 valence electrons. The first-order chi connectivity index (χ1) is 8.22. The lowest BCUT2D eigenvalue weighted by Crippen LogP contribution is -2.13. The minimum atomic E-state index is -0.109. The number of hydrogen-bond acceptors (Lipinski definition) is 3. The summed E-state index contributed by atoms with van der Waals surface area (Å²) in [6.45, 7) is 4.27. The Morgan fingerprint density at radius 3 is 2.94 bits per heavy atom. The molecule has 0 radical (unpaired) electrons. The molecule has 0 bridgehead atoms. The Balaban J connectivity index is 2.07. The molecule has 0 saturated heterocycles. The fourth-order valence-corrected chi connectivity index (χ4v) is 2.55. The van der Waals surface area contributed by atoms with Crippen molar-refractivity contribution >= 4 is 27.4 Å². The molecule has 17 heavy (non-hydrogen) atoms. The number of ether oxygens (including phenoxy) is 1. The molecule has 1 atom stereocenters. The number of fused-ring (bicyclic) bond motifs is 1. The van der Waals surface area contributed by atoms with E-state index in [2.05, 4.69) is 17.5 Å². The van der Waals surface area contributed by atoms with Gasteiger partial charge in [0.15, 0.2) is 0 Å². The summed E-state index contributed by atoms with van der Waals surface area (Å²) in [5.41, 5.74) is 1.10. The third-order valence-corrected chi connectivity index (χ3v) is 3.96. The molecule has 2 rings (SSSR count). The van der Waals surface area contributed by atoms with Gasteiger partial charge in [-0.1, -0.05) is 32.0 Å². The van der Waals surface area contributed by atoms with Crippen LogP contribution in [-0.2, 0) is 16.1 Å². The summed E-state index contributed by atoms with van der Waals surface area (Å²) < 4.78 is 6.55. The summed E-state index contributed by atoms with van der Waals surface area (Å²) in [5, 5.41) is 3.25. The monoisotopic (exact) mass is 248 g/mol. The van der Waals surface area contributed by atoms with E-state index in [0.29, 0.717) is 6.61 Å². The van der Waals surface area contributed by atoms with E-state index in [1.807, 2.05) is 26.0 Å². The average molecular weight is 248 g/mol. The molecule has 2 nitrogen and oxygen atoms in total. The molecule has 3 heteroatoms. The summed E-state index contributed by atoms with van der Waals surface area (Å²) in [7, 11) is 0. The molecule has 0 saturated carbocycles. The van der Waals surface area contributed by atoms with Gasteiger partial charge in [0.1, 0.15) is 6.61 Å². The van der Waals surface area contributed by atoms with Gasteiger partial charge in [0.25, 0.3) is 0 Å². The van der Waals surface area contributed by atoms with E-state index in [0.717, 1.165) is 12.0 Å². The summed E-state index contributed by atoms with van der Waals surface area (Å²) in [6, 6.07) is 8.18. The summed E-state index contributed by atoms with van der Waals surface area (Å²) in [5.74, 6) is -0.123. The normalized spacial score (nSPS) is 12.6. The number of esters is 1. The maximum atomic E-state index is 11.6. The fraction of sp³-hybridized carbons (Fsp3) is 0.357. The van der Waals surface area contributed by atoms with E-state index in [9.17, 15) is 4.79 Å². The molecule has 0 fully saturated rings. The minimum absolute atomic E-state index is 0.0140. The maximum Gasteiger partial charge on any atom is 0.308 e. The van der Waals surface area contributed by atoms with Crippen molar-refractivity contribution < 1.29 is 9.53 Å². The van der Waals surface area contributed by atoms with Crippen LogP contribution in [0, 0.1) is 5.92 Å². The van der Waals surface area contributed by atoms with Gasteiger partial charge in [0.05, 0.1) is 5.92 Å². The number of carbonyl (C=O) groups is 1.